The van der Waals surface area contributed by atoms with Crippen molar-refractivity contribution in [1.82, 2.24) is 0 Å². The van der Waals surface area contributed by atoms with E-state index in [0.717, 1.165) is 10.0 Å². The number of hydrogen-bond acceptors (Lipinski definition) is 2. The molecule has 4 heteroatoms. The van der Waals surface area contributed by atoms with Crippen molar-refractivity contribution in [2.45, 2.75) is 6.61 Å². The number of ether oxygens (including phenoxy) is 1. The minimum atomic E-state index is -1.51. The molecule has 3 nitrogen and oxygen atoms in total. The van der Waals surface area contributed by atoms with E-state index in [0.29, 0.717) is 0 Å². The summed E-state index contributed by atoms with van der Waals surface area (Å²) in [6.45, 7) is 0.0176. The Morgan fingerprint density at radius 1 is 1.42 bits per heavy atom. The molecule has 0 heterocycles. The van der Waals surface area contributed by atoms with E-state index in [4.69, 9.17) is 0 Å². The SMILES string of the molecule is [O]C(=O)OCc1ccccc1Br. The van der Waals surface area contributed by atoms with Crippen LogP contribution < -0.4 is 0 Å². The second kappa shape index (κ2) is 4.11. The van der Waals surface area contributed by atoms with Gasteiger partial charge < -0.3 is 4.74 Å². The van der Waals surface area contributed by atoms with Crippen LogP contribution in [0.5, 0.6) is 0 Å². The van der Waals surface area contributed by atoms with E-state index < -0.39 is 6.16 Å². The monoisotopic (exact) mass is 229 g/mol. The molecule has 0 unspecified atom stereocenters. The molecule has 12 heavy (non-hydrogen) atoms. The molecule has 0 aliphatic carbocycles. The van der Waals surface area contributed by atoms with Gasteiger partial charge in [-0.15, -0.1) is 0 Å². The van der Waals surface area contributed by atoms with E-state index in [1.807, 2.05) is 12.1 Å². The average Bonchev–Trinajstić information content (AvgIpc) is 2.03. The Kier molecular flexibility index (Phi) is 3.10. The van der Waals surface area contributed by atoms with Crippen LogP contribution in [0.4, 0.5) is 4.79 Å². The summed E-state index contributed by atoms with van der Waals surface area (Å²) in [5, 5.41) is 9.94. The van der Waals surface area contributed by atoms with Gasteiger partial charge in [0.15, 0.2) is 0 Å². The molecule has 1 aromatic carbocycles. The Morgan fingerprint density at radius 3 is 2.67 bits per heavy atom. The first-order valence-corrected chi connectivity index (χ1v) is 4.06. The lowest BCUT2D eigenvalue weighted by molar-refractivity contribution is 0.0618. The summed E-state index contributed by atoms with van der Waals surface area (Å²) in [4.78, 5) is 9.94. The van der Waals surface area contributed by atoms with Gasteiger partial charge in [0, 0.05) is 10.0 Å². The zero-order chi connectivity index (χ0) is 8.97. The van der Waals surface area contributed by atoms with E-state index in [1.165, 1.54) is 0 Å². The number of halogens is 1. The highest BCUT2D eigenvalue weighted by atomic mass is 79.9. The summed E-state index contributed by atoms with van der Waals surface area (Å²) in [5.41, 5.74) is 0.779. The van der Waals surface area contributed by atoms with E-state index in [-0.39, 0.29) is 6.61 Å². The van der Waals surface area contributed by atoms with Gasteiger partial charge in [0.1, 0.15) is 6.61 Å². The van der Waals surface area contributed by atoms with Crippen molar-refractivity contribution in [2.75, 3.05) is 0 Å². The highest BCUT2D eigenvalue weighted by Gasteiger charge is 2.02. The molecule has 1 rings (SSSR count). The van der Waals surface area contributed by atoms with E-state index in [1.54, 1.807) is 12.1 Å². The fraction of sp³-hybridized carbons (Fsp3) is 0.125. The largest absolute Gasteiger partial charge is 0.550 e. The van der Waals surface area contributed by atoms with Gasteiger partial charge in [-0.05, 0) is 6.07 Å². The standard InChI is InChI=1S/C8H6BrO3/c9-7-4-2-1-3-6(7)5-12-8(10)11/h1-4H,5H2. The molecule has 0 bridgehead atoms. The number of benzene rings is 1. The van der Waals surface area contributed by atoms with Crippen LogP contribution in [0.25, 0.3) is 0 Å². The van der Waals surface area contributed by atoms with Crippen molar-refractivity contribution in [1.29, 1.82) is 0 Å². The Labute approximate surface area is 78.1 Å². The fourth-order valence-electron chi connectivity index (χ4n) is 0.752. The number of carbonyl (C=O) groups excluding carboxylic acids is 1. The van der Waals surface area contributed by atoms with Crippen molar-refractivity contribution >= 4 is 22.1 Å². The summed E-state index contributed by atoms with van der Waals surface area (Å²) in [6, 6.07) is 7.23. The molecule has 0 saturated carbocycles. The normalized spacial score (nSPS) is 9.42. The zero-order valence-electron chi connectivity index (χ0n) is 6.12. The highest BCUT2D eigenvalue weighted by Crippen LogP contribution is 2.16. The van der Waals surface area contributed by atoms with Crippen LogP contribution in [0.1, 0.15) is 5.56 Å². The number of hydrogen-bond donors (Lipinski definition) is 0. The lowest BCUT2D eigenvalue weighted by Gasteiger charge is -2.01. The third-order valence-electron chi connectivity index (χ3n) is 1.30. The van der Waals surface area contributed by atoms with Crippen LogP contribution in [0.2, 0.25) is 0 Å². The first kappa shape index (κ1) is 9.06. The van der Waals surface area contributed by atoms with E-state index in [9.17, 15) is 9.90 Å². The minimum absolute atomic E-state index is 0.0176. The van der Waals surface area contributed by atoms with Gasteiger partial charge in [-0.1, -0.05) is 34.1 Å². The predicted octanol–water partition coefficient (Wildman–Crippen LogP) is 2.52. The number of carbonyl (C=O) groups is 1. The van der Waals surface area contributed by atoms with Crippen molar-refractivity contribution < 1.29 is 14.6 Å². The van der Waals surface area contributed by atoms with Crippen molar-refractivity contribution in [3.05, 3.63) is 34.3 Å². The van der Waals surface area contributed by atoms with E-state index in [2.05, 4.69) is 20.7 Å². The van der Waals surface area contributed by atoms with Gasteiger partial charge in [0.05, 0.1) is 0 Å². The highest BCUT2D eigenvalue weighted by molar-refractivity contribution is 9.10. The molecule has 0 spiro atoms. The van der Waals surface area contributed by atoms with Gasteiger partial charge in [-0.25, -0.2) is 0 Å². The summed E-state index contributed by atoms with van der Waals surface area (Å²) in [6.07, 6.45) is -1.51. The summed E-state index contributed by atoms with van der Waals surface area (Å²) in [7, 11) is 0. The third-order valence-corrected chi connectivity index (χ3v) is 2.08. The molecule has 0 aromatic heterocycles. The Balaban J connectivity index is 2.63. The van der Waals surface area contributed by atoms with Crippen LogP contribution in [0.3, 0.4) is 0 Å². The van der Waals surface area contributed by atoms with Crippen LogP contribution in [0, 0.1) is 0 Å². The van der Waals surface area contributed by atoms with Crippen LogP contribution >= 0.6 is 15.9 Å². The maximum atomic E-state index is 9.94. The molecule has 0 N–H and O–H groups in total. The molecule has 63 valence electrons. The Hall–Kier alpha value is -1.03. The summed E-state index contributed by atoms with van der Waals surface area (Å²) >= 11 is 3.25. The molecule has 0 fully saturated rings. The third kappa shape index (κ3) is 2.54. The maximum Gasteiger partial charge on any atom is 0.550 e. The van der Waals surface area contributed by atoms with Crippen molar-refractivity contribution in [2.24, 2.45) is 0 Å². The molecular weight excluding hydrogens is 224 g/mol. The second-order valence-electron chi connectivity index (χ2n) is 2.13. The van der Waals surface area contributed by atoms with Crippen LogP contribution in [0.15, 0.2) is 28.7 Å². The Bertz CT molecular complexity index is 285. The molecule has 1 radical (unpaired) electrons. The molecule has 0 atom stereocenters. The van der Waals surface area contributed by atoms with Gasteiger partial charge >= 0.3 is 6.16 Å². The number of rotatable bonds is 2. The topological polar surface area (TPSA) is 46.2 Å². The first-order valence-electron chi connectivity index (χ1n) is 3.27. The molecule has 0 aliphatic rings. The smallest absolute Gasteiger partial charge is 0.427 e. The quantitative estimate of drug-likeness (QED) is 0.732. The molecule has 0 saturated heterocycles. The fourth-order valence-corrected chi connectivity index (χ4v) is 1.15. The maximum absolute atomic E-state index is 9.94. The van der Waals surface area contributed by atoms with Gasteiger partial charge in [-0.2, -0.15) is 9.90 Å². The average molecular weight is 230 g/mol. The summed E-state index contributed by atoms with van der Waals surface area (Å²) in [5.74, 6) is 0. The lowest BCUT2D eigenvalue weighted by Crippen LogP contribution is -1.98. The first-order chi connectivity index (χ1) is 5.70. The van der Waals surface area contributed by atoms with Gasteiger partial charge in [-0.3, -0.25) is 0 Å². The van der Waals surface area contributed by atoms with Crippen molar-refractivity contribution in [3.8, 4) is 0 Å². The minimum Gasteiger partial charge on any atom is -0.427 e. The second-order valence-corrected chi connectivity index (χ2v) is 2.98. The van der Waals surface area contributed by atoms with E-state index >= 15 is 0 Å². The Morgan fingerprint density at radius 2 is 2.08 bits per heavy atom. The molecule has 1 aromatic rings. The van der Waals surface area contributed by atoms with Crippen LogP contribution in [-0.4, -0.2) is 6.16 Å². The van der Waals surface area contributed by atoms with Crippen molar-refractivity contribution in [3.63, 3.8) is 0 Å². The molecule has 0 aliphatic heterocycles. The summed E-state index contributed by atoms with van der Waals surface area (Å²) < 4.78 is 5.11. The van der Waals surface area contributed by atoms with Gasteiger partial charge in [0.25, 0.3) is 0 Å². The predicted molar refractivity (Wildman–Crippen MR) is 45.0 cm³/mol. The molecular formula is C8H6BrO3. The van der Waals surface area contributed by atoms with Gasteiger partial charge in [0.2, 0.25) is 0 Å². The zero-order valence-corrected chi connectivity index (χ0v) is 7.71. The molecule has 0 amide bonds. The lowest BCUT2D eigenvalue weighted by atomic mass is 10.2. The van der Waals surface area contributed by atoms with Crippen LogP contribution in [-0.2, 0) is 16.5 Å².